The van der Waals surface area contributed by atoms with Crippen molar-refractivity contribution in [2.24, 2.45) is 4.99 Å². The molecule has 1 N–H and O–H groups in total. The highest BCUT2D eigenvalue weighted by molar-refractivity contribution is 6.03. The molecule has 0 amide bonds. The highest BCUT2D eigenvalue weighted by Crippen LogP contribution is 2.41. The smallest absolute Gasteiger partial charge is 0.416 e. The summed E-state index contributed by atoms with van der Waals surface area (Å²) in [6.07, 6.45) is -9.17. The molecule has 0 aromatic heterocycles. The van der Waals surface area contributed by atoms with E-state index in [1.807, 2.05) is 13.8 Å². The standard InChI is InChI=1S/C27H24F6N2O2/c1-15(2)37-22-14-20(36-3)12-13-21(22)25-34-23(16-4-8-18(9-5-16)26(28,29)30)24(35-25)17-6-10-19(11-7-17)27(31,32)33/h4-15,23-24H,1-3H3,(H,34,35). The third-order valence-corrected chi connectivity index (χ3v) is 5.86. The van der Waals surface area contributed by atoms with Gasteiger partial charge in [0.2, 0.25) is 0 Å². The van der Waals surface area contributed by atoms with E-state index in [4.69, 9.17) is 14.5 Å². The van der Waals surface area contributed by atoms with Crippen LogP contribution < -0.4 is 14.8 Å². The molecule has 4 rings (SSSR count). The van der Waals surface area contributed by atoms with E-state index in [1.54, 1.807) is 18.2 Å². The van der Waals surface area contributed by atoms with Gasteiger partial charge in [0, 0.05) is 6.07 Å². The van der Waals surface area contributed by atoms with Crippen LogP contribution in [0.25, 0.3) is 0 Å². The summed E-state index contributed by atoms with van der Waals surface area (Å²) in [5, 5.41) is 3.25. The van der Waals surface area contributed by atoms with E-state index in [2.05, 4.69) is 5.32 Å². The van der Waals surface area contributed by atoms with Crippen LogP contribution in [0.3, 0.4) is 0 Å². The number of aliphatic imine (C=N–C) groups is 1. The van der Waals surface area contributed by atoms with Crippen molar-refractivity contribution in [2.75, 3.05) is 7.11 Å². The minimum absolute atomic E-state index is 0.177. The molecule has 3 aromatic rings. The van der Waals surface area contributed by atoms with E-state index in [-0.39, 0.29) is 6.10 Å². The molecule has 1 aliphatic heterocycles. The van der Waals surface area contributed by atoms with Crippen molar-refractivity contribution in [3.05, 3.63) is 94.5 Å². The molecule has 2 unspecified atom stereocenters. The predicted molar refractivity (Wildman–Crippen MR) is 127 cm³/mol. The number of alkyl halides is 6. The molecule has 0 aliphatic carbocycles. The maximum Gasteiger partial charge on any atom is 0.416 e. The van der Waals surface area contributed by atoms with E-state index in [1.165, 1.54) is 31.4 Å². The van der Waals surface area contributed by atoms with E-state index >= 15 is 0 Å². The summed E-state index contributed by atoms with van der Waals surface area (Å²) in [5.74, 6) is 1.42. The van der Waals surface area contributed by atoms with Gasteiger partial charge in [-0.1, -0.05) is 24.3 Å². The molecule has 1 aliphatic rings. The largest absolute Gasteiger partial charge is 0.497 e. The topological polar surface area (TPSA) is 42.8 Å². The first-order valence-corrected chi connectivity index (χ1v) is 11.4. The summed E-state index contributed by atoms with van der Waals surface area (Å²) in [6, 6.07) is 13.0. The quantitative estimate of drug-likeness (QED) is 0.344. The minimum atomic E-state index is -4.50. The number of hydrogen-bond acceptors (Lipinski definition) is 4. The van der Waals surface area contributed by atoms with Crippen molar-refractivity contribution in [1.82, 2.24) is 5.32 Å². The minimum Gasteiger partial charge on any atom is -0.497 e. The van der Waals surface area contributed by atoms with Gasteiger partial charge in [-0.2, -0.15) is 26.3 Å². The SMILES string of the molecule is COc1ccc(C2=NC(c3ccc(C(F)(F)F)cc3)C(c3ccc(C(F)(F)F)cc3)N2)c(OC(C)C)c1. The number of hydrogen-bond donors (Lipinski definition) is 1. The second kappa shape index (κ2) is 9.99. The Balaban J connectivity index is 1.77. The van der Waals surface area contributed by atoms with Crippen LogP contribution in [0.1, 0.15) is 53.7 Å². The fraction of sp³-hybridized carbons (Fsp3) is 0.296. The summed E-state index contributed by atoms with van der Waals surface area (Å²) in [7, 11) is 1.51. The molecule has 0 bridgehead atoms. The van der Waals surface area contributed by atoms with Gasteiger partial charge in [0.05, 0.1) is 35.9 Å². The van der Waals surface area contributed by atoms with Crippen LogP contribution >= 0.6 is 0 Å². The average Bonchev–Trinajstić information content (AvgIpc) is 3.28. The van der Waals surface area contributed by atoms with Crippen LogP contribution in [0, 0.1) is 0 Å². The van der Waals surface area contributed by atoms with Gasteiger partial charge in [0.1, 0.15) is 23.4 Å². The Bertz CT molecular complexity index is 1270. The molecule has 0 radical (unpaired) electrons. The number of amidine groups is 1. The molecule has 3 aromatic carbocycles. The second-order valence-electron chi connectivity index (χ2n) is 8.81. The lowest BCUT2D eigenvalue weighted by molar-refractivity contribution is -0.138. The van der Waals surface area contributed by atoms with Crippen molar-refractivity contribution in [2.45, 2.75) is 44.4 Å². The van der Waals surface area contributed by atoms with E-state index in [0.717, 1.165) is 24.3 Å². The Morgan fingerprint density at radius 1 is 0.784 bits per heavy atom. The zero-order valence-corrected chi connectivity index (χ0v) is 20.1. The van der Waals surface area contributed by atoms with E-state index < -0.39 is 35.6 Å². The number of rotatable bonds is 6. The van der Waals surface area contributed by atoms with Crippen molar-refractivity contribution >= 4 is 5.84 Å². The Hall–Kier alpha value is -3.69. The molecular weight excluding hydrogens is 498 g/mol. The zero-order valence-electron chi connectivity index (χ0n) is 20.1. The van der Waals surface area contributed by atoms with Crippen LogP contribution in [-0.4, -0.2) is 19.0 Å². The normalized spacial score (nSPS) is 17.9. The molecule has 2 atom stereocenters. The van der Waals surface area contributed by atoms with E-state index in [0.29, 0.717) is 34.0 Å². The van der Waals surface area contributed by atoms with Crippen molar-refractivity contribution in [1.29, 1.82) is 0 Å². The number of nitrogens with zero attached hydrogens (tertiary/aromatic N) is 1. The van der Waals surface area contributed by atoms with Gasteiger partial charge >= 0.3 is 12.4 Å². The number of methoxy groups -OCH3 is 1. The second-order valence-corrected chi connectivity index (χ2v) is 8.81. The van der Waals surface area contributed by atoms with Crippen LogP contribution in [0.2, 0.25) is 0 Å². The summed E-state index contributed by atoms with van der Waals surface area (Å²) < 4.78 is 89.9. The summed E-state index contributed by atoms with van der Waals surface area (Å²) in [5.41, 5.74) is -0.0537. The van der Waals surface area contributed by atoms with Crippen LogP contribution in [0.5, 0.6) is 11.5 Å². The first kappa shape index (κ1) is 26.4. The molecule has 4 nitrogen and oxygen atoms in total. The van der Waals surface area contributed by atoms with Crippen LogP contribution in [-0.2, 0) is 12.4 Å². The van der Waals surface area contributed by atoms with Gasteiger partial charge in [-0.25, -0.2) is 0 Å². The van der Waals surface area contributed by atoms with Crippen LogP contribution in [0.15, 0.2) is 71.7 Å². The predicted octanol–water partition coefficient (Wildman–Crippen LogP) is 7.35. The Morgan fingerprint density at radius 3 is 1.81 bits per heavy atom. The van der Waals surface area contributed by atoms with Crippen LogP contribution in [0.4, 0.5) is 26.3 Å². The Morgan fingerprint density at radius 2 is 1.32 bits per heavy atom. The third-order valence-electron chi connectivity index (χ3n) is 5.86. The van der Waals surface area contributed by atoms with Gasteiger partial charge in [-0.15, -0.1) is 0 Å². The fourth-order valence-corrected chi connectivity index (χ4v) is 4.08. The first-order valence-electron chi connectivity index (χ1n) is 11.4. The maximum atomic E-state index is 13.1. The molecule has 196 valence electrons. The highest BCUT2D eigenvalue weighted by atomic mass is 19.4. The lowest BCUT2D eigenvalue weighted by Crippen LogP contribution is -2.26. The highest BCUT2D eigenvalue weighted by Gasteiger charge is 2.36. The molecule has 0 spiro atoms. The monoisotopic (exact) mass is 522 g/mol. The lowest BCUT2D eigenvalue weighted by atomic mass is 9.93. The first-order chi connectivity index (χ1) is 17.4. The zero-order chi connectivity index (χ0) is 27.0. The summed E-state index contributed by atoms with van der Waals surface area (Å²) in [4.78, 5) is 4.75. The third kappa shape index (κ3) is 5.84. The van der Waals surface area contributed by atoms with Gasteiger partial charge < -0.3 is 14.8 Å². The molecule has 37 heavy (non-hydrogen) atoms. The number of nitrogens with one attached hydrogen (secondary N) is 1. The molecule has 0 saturated carbocycles. The van der Waals surface area contributed by atoms with Gasteiger partial charge in [-0.05, 0) is 61.4 Å². The number of benzene rings is 3. The average molecular weight is 522 g/mol. The fourth-order valence-electron chi connectivity index (χ4n) is 4.08. The lowest BCUT2D eigenvalue weighted by Gasteiger charge is -2.21. The Labute approximate surface area is 209 Å². The number of ether oxygens (including phenoxy) is 2. The van der Waals surface area contributed by atoms with Crippen molar-refractivity contribution in [3.63, 3.8) is 0 Å². The van der Waals surface area contributed by atoms with Gasteiger partial charge in [-0.3, -0.25) is 4.99 Å². The van der Waals surface area contributed by atoms with Crippen molar-refractivity contribution < 1.29 is 35.8 Å². The van der Waals surface area contributed by atoms with E-state index in [9.17, 15) is 26.3 Å². The molecule has 1 heterocycles. The summed E-state index contributed by atoms with van der Waals surface area (Å²) in [6.45, 7) is 3.70. The number of halogens is 6. The summed E-state index contributed by atoms with van der Waals surface area (Å²) >= 11 is 0. The maximum absolute atomic E-state index is 13.1. The molecule has 10 heteroatoms. The van der Waals surface area contributed by atoms with Gasteiger partial charge in [0.25, 0.3) is 0 Å². The Kier molecular flexibility index (Phi) is 7.12. The van der Waals surface area contributed by atoms with Crippen molar-refractivity contribution in [3.8, 4) is 11.5 Å². The molecular formula is C27H24F6N2O2. The molecule has 0 fully saturated rings. The van der Waals surface area contributed by atoms with Gasteiger partial charge in [0.15, 0.2) is 0 Å². The molecule has 0 saturated heterocycles.